The topological polar surface area (TPSA) is 18.5 Å². The van der Waals surface area contributed by atoms with E-state index < -0.39 is 8.56 Å². The molecule has 0 fully saturated rings. The summed E-state index contributed by atoms with van der Waals surface area (Å²) >= 11 is 0. The Hall–Kier alpha value is -0.803. The maximum atomic E-state index is 6.39. The molecule has 1 aromatic carbocycles. The van der Waals surface area contributed by atoms with Crippen molar-refractivity contribution in [1.82, 2.24) is 0 Å². The highest BCUT2D eigenvalue weighted by Gasteiger charge is 2.35. The Bertz CT molecular complexity index is 393. The molecule has 2 nitrogen and oxygen atoms in total. The largest absolute Gasteiger partial charge is 0.520 e. The Balaban J connectivity index is 2.66. The lowest BCUT2D eigenvalue weighted by atomic mass is 10.1. The fraction of sp³-hybridized carbons (Fsp3) is 0.667. The van der Waals surface area contributed by atoms with Crippen molar-refractivity contribution < 1.29 is 8.85 Å². The van der Waals surface area contributed by atoms with Crippen molar-refractivity contribution in [2.24, 2.45) is 0 Å². The zero-order valence-corrected chi connectivity index (χ0v) is 15.5. The molecule has 1 rings (SSSR count). The summed E-state index contributed by atoms with van der Waals surface area (Å²) in [6.07, 6.45) is 4.98. The number of rotatable bonds is 10. The van der Waals surface area contributed by atoms with Crippen molar-refractivity contribution in [1.29, 1.82) is 0 Å². The van der Waals surface area contributed by atoms with Crippen LogP contribution in [-0.2, 0) is 4.43 Å². The SMILES string of the molecule is CCCCCCO[Si](CC)(CC)Oc1cc(C)cc(C)c1. The standard InChI is InChI=1S/C18H32O2Si/c1-6-9-10-11-12-19-21(7-2,8-3)20-18-14-16(4)13-17(5)15-18/h13-15H,6-12H2,1-5H3. The second-order valence-corrected chi connectivity index (χ2v) is 9.68. The molecule has 0 saturated carbocycles. The molecular formula is C18H32O2Si. The van der Waals surface area contributed by atoms with E-state index in [1.807, 2.05) is 0 Å². The number of hydrogen-bond donors (Lipinski definition) is 0. The molecule has 0 atom stereocenters. The Kier molecular flexibility index (Phi) is 8.05. The smallest absolute Gasteiger partial charge is 0.398 e. The van der Waals surface area contributed by atoms with Crippen LogP contribution in [0.1, 0.15) is 57.6 Å². The molecule has 0 spiro atoms. The maximum absolute atomic E-state index is 6.39. The number of hydrogen-bond acceptors (Lipinski definition) is 2. The van der Waals surface area contributed by atoms with E-state index in [1.165, 1.54) is 30.4 Å². The van der Waals surface area contributed by atoms with Crippen molar-refractivity contribution >= 4 is 8.56 Å². The van der Waals surface area contributed by atoms with Crippen LogP contribution in [0.15, 0.2) is 18.2 Å². The van der Waals surface area contributed by atoms with Gasteiger partial charge in [0.25, 0.3) is 0 Å². The lowest BCUT2D eigenvalue weighted by Gasteiger charge is -2.29. The minimum atomic E-state index is -2.09. The molecule has 0 radical (unpaired) electrons. The van der Waals surface area contributed by atoms with E-state index in [2.05, 4.69) is 52.8 Å². The third-order valence-electron chi connectivity index (χ3n) is 3.94. The van der Waals surface area contributed by atoms with Crippen LogP contribution in [0.2, 0.25) is 12.1 Å². The number of unbranched alkanes of at least 4 members (excludes halogenated alkanes) is 3. The molecule has 0 aliphatic carbocycles. The summed E-state index contributed by atoms with van der Waals surface area (Å²) in [5.41, 5.74) is 2.51. The highest BCUT2D eigenvalue weighted by molar-refractivity contribution is 6.68. The monoisotopic (exact) mass is 308 g/mol. The van der Waals surface area contributed by atoms with E-state index in [-0.39, 0.29) is 0 Å². The molecule has 3 heteroatoms. The quantitative estimate of drug-likeness (QED) is 0.404. The van der Waals surface area contributed by atoms with Crippen molar-refractivity contribution in [2.45, 2.75) is 72.4 Å². The van der Waals surface area contributed by atoms with Gasteiger partial charge in [-0.05, 0) is 55.6 Å². The molecule has 0 amide bonds. The fourth-order valence-corrected chi connectivity index (χ4v) is 4.94. The van der Waals surface area contributed by atoms with Gasteiger partial charge in [0.2, 0.25) is 0 Å². The molecule has 0 aromatic heterocycles. The van der Waals surface area contributed by atoms with Crippen molar-refractivity contribution in [3.8, 4) is 5.75 Å². The summed E-state index contributed by atoms with van der Waals surface area (Å²) in [7, 11) is -2.09. The molecule has 0 heterocycles. The predicted molar refractivity (Wildman–Crippen MR) is 93.4 cm³/mol. The number of aryl methyl sites for hydroxylation is 2. The third kappa shape index (κ3) is 6.23. The second-order valence-electron chi connectivity index (χ2n) is 5.95. The van der Waals surface area contributed by atoms with Crippen LogP contribution in [-0.4, -0.2) is 15.2 Å². The lowest BCUT2D eigenvalue weighted by Crippen LogP contribution is -2.44. The van der Waals surface area contributed by atoms with Crippen molar-refractivity contribution in [2.75, 3.05) is 6.61 Å². The van der Waals surface area contributed by atoms with Gasteiger partial charge in [0.15, 0.2) is 0 Å². The second kappa shape index (κ2) is 9.26. The molecule has 0 aliphatic rings. The highest BCUT2D eigenvalue weighted by atomic mass is 28.4. The Labute approximate surface area is 132 Å². The summed E-state index contributed by atoms with van der Waals surface area (Å²) in [6.45, 7) is 11.7. The molecule has 0 bridgehead atoms. The minimum Gasteiger partial charge on any atom is -0.520 e. The van der Waals surface area contributed by atoms with Crippen molar-refractivity contribution in [3.63, 3.8) is 0 Å². The van der Waals surface area contributed by atoms with Crippen LogP contribution < -0.4 is 4.43 Å². The Morgan fingerprint density at radius 1 is 0.857 bits per heavy atom. The van der Waals surface area contributed by atoms with E-state index in [9.17, 15) is 0 Å². The molecular weight excluding hydrogens is 276 g/mol. The zero-order chi connectivity index (χ0) is 15.7. The van der Waals surface area contributed by atoms with E-state index in [1.54, 1.807) is 0 Å². The summed E-state index contributed by atoms with van der Waals surface area (Å²) in [5, 5.41) is 0. The first-order valence-electron chi connectivity index (χ1n) is 8.46. The average Bonchev–Trinajstić information content (AvgIpc) is 2.45. The van der Waals surface area contributed by atoms with E-state index in [0.717, 1.165) is 30.9 Å². The third-order valence-corrected chi connectivity index (χ3v) is 7.43. The summed E-state index contributed by atoms with van der Waals surface area (Å²) in [5.74, 6) is 0.983. The average molecular weight is 309 g/mol. The normalized spacial score (nSPS) is 11.7. The van der Waals surface area contributed by atoms with Gasteiger partial charge in [0.05, 0.1) is 0 Å². The lowest BCUT2D eigenvalue weighted by molar-refractivity contribution is 0.230. The van der Waals surface area contributed by atoms with Crippen LogP contribution in [0, 0.1) is 13.8 Å². The fourth-order valence-electron chi connectivity index (χ4n) is 2.62. The van der Waals surface area contributed by atoms with Gasteiger partial charge in [0.1, 0.15) is 5.75 Å². The van der Waals surface area contributed by atoms with Crippen LogP contribution in [0.25, 0.3) is 0 Å². The van der Waals surface area contributed by atoms with Crippen LogP contribution >= 0.6 is 0 Å². The van der Waals surface area contributed by atoms with Crippen molar-refractivity contribution in [3.05, 3.63) is 29.3 Å². The zero-order valence-electron chi connectivity index (χ0n) is 14.5. The maximum Gasteiger partial charge on any atom is 0.398 e. The van der Waals surface area contributed by atoms with Crippen LogP contribution in [0.5, 0.6) is 5.75 Å². The summed E-state index contributed by atoms with van der Waals surface area (Å²) < 4.78 is 12.7. The van der Waals surface area contributed by atoms with Gasteiger partial charge in [-0.3, -0.25) is 0 Å². The predicted octanol–water partition coefficient (Wildman–Crippen LogP) is 5.76. The van der Waals surface area contributed by atoms with Gasteiger partial charge in [-0.1, -0.05) is 46.1 Å². The number of benzene rings is 1. The first-order chi connectivity index (χ1) is 10.0. The molecule has 21 heavy (non-hydrogen) atoms. The molecule has 0 saturated heterocycles. The van der Waals surface area contributed by atoms with Gasteiger partial charge in [-0.2, -0.15) is 0 Å². The first kappa shape index (κ1) is 18.2. The van der Waals surface area contributed by atoms with E-state index in [0.29, 0.717) is 0 Å². The molecule has 0 unspecified atom stereocenters. The first-order valence-corrected chi connectivity index (χ1v) is 10.7. The summed E-state index contributed by atoms with van der Waals surface area (Å²) in [6, 6.07) is 8.44. The Morgan fingerprint density at radius 2 is 1.48 bits per heavy atom. The van der Waals surface area contributed by atoms with E-state index in [4.69, 9.17) is 8.85 Å². The van der Waals surface area contributed by atoms with E-state index >= 15 is 0 Å². The highest BCUT2D eigenvalue weighted by Crippen LogP contribution is 2.25. The van der Waals surface area contributed by atoms with Gasteiger partial charge >= 0.3 is 8.56 Å². The van der Waals surface area contributed by atoms with Gasteiger partial charge in [0, 0.05) is 6.61 Å². The summed E-state index contributed by atoms with van der Waals surface area (Å²) in [4.78, 5) is 0. The molecule has 0 N–H and O–H groups in total. The molecule has 1 aromatic rings. The van der Waals surface area contributed by atoms with Gasteiger partial charge in [-0.25, -0.2) is 0 Å². The minimum absolute atomic E-state index is 0.846. The molecule has 0 aliphatic heterocycles. The van der Waals surface area contributed by atoms with Gasteiger partial charge < -0.3 is 8.85 Å². The molecule has 120 valence electrons. The van der Waals surface area contributed by atoms with Gasteiger partial charge in [-0.15, -0.1) is 0 Å². The van der Waals surface area contributed by atoms with Crippen LogP contribution in [0.3, 0.4) is 0 Å². The van der Waals surface area contributed by atoms with Crippen LogP contribution in [0.4, 0.5) is 0 Å². The Morgan fingerprint density at radius 3 is 2.00 bits per heavy atom.